The molecule has 0 atom stereocenters. The predicted molar refractivity (Wildman–Crippen MR) is 74.2 cm³/mol. The minimum Gasteiger partial charge on any atom is -0.399 e. The fourth-order valence-corrected chi connectivity index (χ4v) is 1.81. The Hall–Kier alpha value is -1.22. The van der Waals surface area contributed by atoms with Gasteiger partial charge in [0.2, 0.25) is 0 Å². The molecule has 1 aromatic rings. The quantitative estimate of drug-likeness (QED) is 0.666. The molecule has 0 fully saturated rings. The molecule has 17 heavy (non-hydrogen) atoms. The van der Waals surface area contributed by atoms with Gasteiger partial charge in [0, 0.05) is 24.5 Å². The summed E-state index contributed by atoms with van der Waals surface area (Å²) in [7, 11) is 0. The summed E-state index contributed by atoms with van der Waals surface area (Å²) in [6.45, 7) is 7.63. The van der Waals surface area contributed by atoms with Gasteiger partial charge in [0.25, 0.3) is 0 Å². The van der Waals surface area contributed by atoms with E-state index in [1.165, 1.54) is 5.56 Å². The van der Waals surface area contributed by atoms with E-state index in [1.807, 2.05) is 18.2 Å². The number of anilines is 2. The van der Waals surface area contributed by atoms with Gasteiger partial charge in [0.15, 0.2) is 0 Å². The fourth-order valence-electron chi connectivity index (χ4n) is 1.81. The van der Waals surface area contributed by atoms with Gasteiger partial charge in [-0.15, -0.1) is 0 Å². The molecule has 0 heterocycles. The van der Waals surface area contributed by atoms with Crippen molar-refractivity contribution in [2.75, 3.05) is 24.2 Å². The zero-order valence-electron chi connectivity index (χ0n) is 11.1. The number of aliphatic hydroxyl groups excluding tert-OH is 1. The molecular weight excluding hydrogens is 212 g/mol. The summed E-state index contributed by atoms with van der Waals surface area (Å²) in [5, 5.41) is 12.3. The molecule has 0 saturated carbocycles. The van der Waals surface area contributed by atoms with Crippen molar-refractivity contribution in [3.8, 4) is 0 Å². The van der Waals surface area contributed by atoms with Crippen LogP contribution >= 0.6 is 0 Å². The molecular formula is C14H24N2O. The van der Waals surface area contributed by atoms with Crippen molar-refractivity contribution in [2.24, 2.45) is 5.41 Å². The Morgan fingerprint density at radius 3 is 2.71 bits per heavy atom. The Morgan fingerprint density at radius 2 is 2.06 bits per heavy atom. The summed E-state index contributed by atoms with van der Waals surface area (Å²) < 4.78 is 0. The van der Waals surface area contributed by atoms with Gasteiger partial charge in [0.05, 0.1) is 0 Å². The Labute approximate surface area is 104 Å². The minimum atomic E-state index is 0.180. The normalized spacial score (nSPS) is 11.5. The third kappa shape index (κ3) is 4.65. The number of aliphatic hydroxyl groups is 1. The minimum absolute atomic E-state index is 0.180. The van der Waals surface area contributed by atoms with Crippen LogP contribution in [0.2, 0.25) is 0 Å². The molecule has 0 radical (unpaired) electrons. The van der Waals surface area contributed by atoms with Crippen LogP contribution in [0.1, 0.15) is 32.3 Å². The maximum absolute atomic E-state index is 8.86. The topological polar surface area (TPSA) is 58.3 Å². The first kappa shape index (κ1) is 13.8. The van der Waals surface area contributed by atoms with Gasteiger partial charge in [-0.25, -0.2) is 0 Å². The van der Waals surface area contributed by atoms with Gasteiger partial charge in [-0.05, 0) is 42.9 Å². The molecule has 3 heteroatoms. The molecule has 0 unspecified atom stereocenters. The zero-order chi connectivity index (χ0) is 12.9. The highest BCUT2D eigenvalue weighted by Gasteiger charge is 2.17. The lowest BCUT2D eigenvalue weighted by Gasteiger charge is -2.26. The van der Waals surface area contributed by atoms with Crippen molar-refractivity contribution < 1.29 is 5.11 Å². The maximum Gasteiger partial charge on any atom is 0.0431 e. The zero-order valence-corrected chi connectivity index (χ0v) is 11.1. The summed E-state index contributed by atoms with van der Waals surface area (Å²) in [5.74, 6) is 0. The number of nitrogen functional groups attached to an aromatic ring is 1. The van der Waals surface area contributed by atoms with E-state index in [-0.39, 0.29) is 12.0 Å². The predicted octanol–water partition coefficient (Wildman–Crippen LogP) is 2.79. The Kier molecular flexibility index (Phi) is 4.82. The first-order valence-electron chi connectivity index (χ1n) is 6.15. The molecule has 3 nitrogen and oxygen atoms in total. The van der Waals surface area contributed by atoms with Crippen molar-refractivity contribution in [3.05, 3.63) is 23.8 Å². The lowest BCUT2D eigenvalue weighted by atomic mass is 9.88. The van der Waals surface area contributed by atoms with Crippen LogP contribution in [0.15, 0.2) is 18.2 Å². The Morgan fingerprint density at radius 1 is 1.35 bits per heavy atom. The molecule has 0 aliphatic heterocycles. The number of rotatable bonds is 6. The number of nitrogens with two attached hydrogens (primary N) is 1. The SMILES string of the molecule is Cc1ccc(N)cc1NCC(C)(C)CCCO. The van der Waals surface area contributed by atoms with Crippen molar-refractivity contribution in [3.63, 3.8) is 0 Å². The van der Waals surface area contributed by atoms with Gasteiger partial charge in [-0.3, -0.25) is 0 Å². The summed E-state index contributed by atoms with van der Waals surface area (Å²) in [5.41, 5.74) is 9.04. The van der Waals surface area contributed by atoms with Gasteiger partial charge < -0.3 is 16.2 Å². The van der Waals surface area contributed by atoms with E-state index >= 15 is 0 Å². The molecule has 4 N–H and O–H groups in total. The molecule has 0 amide bonds. The van der Waals surface area contributed by atoms with E-state index in [2.05, 4.69) is 26.1 Å². The summed E-state index contributed by atoms with van der Waals surface area (Å²) in [6.07, 6.45) is 1.86. The fraction of sp³-hybridized carbons (Fsp3) is 0.571. The summed E-state index contributed by atoms with van der Waals surface area (Å²) in [4.78, 5) is 0. The van der Waals surface area contributed by atoms with Crippen LogP contribution in [0.3, 0.4) is 0 Å². The van der Waals surface area contributed by atoms with Crippen LogP contribution in [0.25, 0.3) is 0 Å². The van der Waals surface area contributed by atoms with E-state index in [1.54, 1.807) is 0 Å². The number of hydrogen-bond donors (Lipinski definition) is 3. The van der Waals surface area contributed by atoms with Crippen LogP contribution < -0.4 is 11.1 Å². The number of aryl methyl sites for hydroxylation is 1. The monoisotopic (exact) mass is 236 g/mol. The molecule has 0 aliphatic carbocycles. The van der Waals surface area contributed by atoms with E-state index in [4.69, 9.17) is 10.8 Å². The van der Waals surface area contributed by atoms with E-state index < -0.39 is 0 Å². The van der Waals surface area contributed by atoms with Crippen molar-refractivity contribution >= 4 is 11.4 Å². The average Bonchev–Trinajstić information content (AvgIpc) is 2.28. The smallest absolute Gasteiger partial charge is 0.0431 e. The molecule has 1 aromatic carbocycles. The standard InChI is InChI=1S/C14H24N2O/c1-11-5-6-12(15)9-13(11)16-10-14(2,3)7-4-8-17/h5-6,9,16-17H,4,7-8,10,15H2,1-3H3. The summed E-state index contributed by atoms with van der Waals surface area (Å²) in [6, 6.07) is 5.91. The highest BCUT2D eigenvalue weighted by atomic mass is 16.2. The van der Waals surface area contributed by atoms with Crippen LogP contribution in [0.4, 0.5) is 11.4 Å². The lowest BCUT2D eigenvalue weighted by Crippen LogP contribution is -2.23. The van der Waals surface area contributed by atoms with Gasteiger partial charge in [-0.1, -0.05) is 19.9 Å². The number of benzene rings is 1. The first-order chi connectivity index (χ1) is 7.94. The molecule has 0 bridgehead atoms. The Balaban J connectivity index is 2.57. The molecule has 1 rings (SSSR count). The van der Waals surface area contributed by atoms with Crippen LogP contribution in [-0.4, -0.2) is 18.3 Å². The highest BCUT2D eigenvalue weighted by molar-refractivity contribution is 5.59. The highest BCUT2D eigenvalue weighted by Crippen LogP contribution is 2.25. The van der Waals surface area contributed by atoms with Gasteiger partial charge >= 0.3 is 0 Å². The third-order valence-corrected chi connectivity index (χ3v) is 3.03. The second kappa shape index (κ2) is 5.92. The largest absolute Gasteiger partial charge is 0.399 e. The van der Waals surface area contributed by atoms with Crippen molar-refractivity contribution in [1.82, 2.24) is 0 Å². The molecule has 0 spiro atoms. The van der Waals surface area contributed by atoms with Gasteiger partial charge in [0.1, 0.15) is 0 Å². The second-order valence-electron chi connectivity index (χ2n) is 5.42. The van der Waals surface area contributed by atoms with Crippen molar-refractivity contribution in [1.29, 1.82) is 0 Å². The molecule has 0 aliphatic rings. The number of nitrogens with one attached hydrogen (secondary N) is 1. The van der Waals surface area contributed by atoms with Crippen LogP contribution in [0, 0.1) is 12.3 Å². The van der Waals surface area contributed by atoms with E-state index in [0.717, 1.165) is 30.8 Å². The van der Waals surface area contributed by atoms with Gasteiger partial charge in [-0.2, -0.15) is 0 Å². The van der Waals surface area contributed by atoms with Crippen molar-refractivity contribution in [2.45, 2.75) is 33.6 Å². The maximum atomic E-state index is 8.86. The molecule has 0 aromatic heterocycles. The van der Waals surface area contributed by atoms with Crippen LogP contribution in [-0.2, 0) is 0 Å². The molecule has 0 saturated heterocycles. The van der Waals surface area contributed by atoms with E-state index in [0.29, 0.717) is 0 Å². The lowest BCUT2D eigenvalue weighted by molar-refractivity contribution is 0.248. The summed E-state index contributed by atoms with van der Waals surface area (Å²) >= 11 is 0. The van der Waals surface area contributed by atoms with E-state index in [9.17, 15) is 0 Å². The third-order valence-electron chi connectivity index (χ3n) is 3.03. The number of hydrogen-bond acceptors (Lipinski definition) is 3. The first-order valence-corrected chi connectivity index (χ1v) is 6.15. The second-order valence-corrected chi connectivity index (χ2v) is 5.42. The molecule has 96 valence electrons. The van der Waals surface area contributed by atoms with Crippen LogP contribution in [0.5, 0.6) is 0 Å². The average molecular weight is 236 g/mol. The Bertz CT molecular complexity index is 361.